The fourth-order valence-corrected chi connectivity index (χ4v) is 2.27. The molecule has 0 bridgehead atoms. The molecule has 0 radical (unpaired) electrons. The molecule has 2 aromatic carbocycles. The van der Waals surface area contributed by atoms with Crippen molar-refractivity contribution in [2.24, 2.45) is 10.9 Å². The van der Waals surface area contributed by atoms with Gasteiger partial charge in [-0.05, 0) is 5.92 Å². The van der Waals surface area contributed by atoms with Gasteiger partial charge in [-0.1, -0.05) is 74.5 Å². The van der Waals surface area contributed by atoms with Crippen LogP contribution in [-0.4, -0.2) is 35.9 Å². The van der Waals surface area contributed by atoms with Crippen molar-refractivity contribution in [2.45, 2.75) is 32.2 Å². The van der Waals surface area contributed by atoms with Gasteiger partial charge >= 0.3 is 63.7 Å². The number of carbonyl (C=O) groups excluding carboxylic acids is 2. The Morgan fingerprint density at radius 2 is 1.19 bits per heavy atom. The van der Waals surface area contributed by atoms with E-state index in [0.29, 0.717) is 0 Å². The molecule has 2 aromatic rings. The number of aliphatic imine (C=N–C) groups is 1. The number of rotatable bonds is 5. The normalized spacial score (nSPS) is 12.8. The molecule has 0 fully saturated rings. The van der Waals surface area contributed by atoms with E-state index in [1.807, 2.05) is 0 Å². The first-order valence-corrected chi connectivity index (χ1v) is 8.83. The smallest absolute Gasteiger partial charge is 0.548 e. The van der Waals surface area contributed by atoms with E-state index in [2.05, 4.69) is 4.99 Å². The predicted octanol–water partition coefficient (Wildman–Crippen LogP) is 1.25. The maximum absolute atomic E-state index is 12.9. The van der Waals surface area contributed by atoms with Crippen molar-refractivity contribution in [3.63, 3.8) is 0 Å². The van der Waals surface area contributed by atoms with E-state index in [1.54, 1.807) is 12.1 Å². The van der Waals surface area contributed by atoms with Gasteiger partial charge in [-0.2, -0.15) is 26.3 Å². The van der Waals surface area contributed by atoms with E-state index in [0.717, 1.165) is 12.1 Å². The van der Waals surface area contributed by atoms with Crippen LogP contribution < -0.4 is 56.5 Å². The van der Waals surface area contributed by atoms with Gasteiger partial charge in [-0.3, -0.25) is 9.79 Å². The topological polar surface area (TPSA) is 69.6 Å². The molecule has 4 nitrogen and oxygen atoms in total. The number of benzene rings is 2. The summed E-state index contributed by atoms with van der Waals surface area (Å²) < 4.78 is 74.2. The molecule has 0 saturated heterocycles. The number of hydrogen-bond donors (Lipinski definition) is 0. The summed E-state index contributed by atoms with van der Waals surface area (Å²) in [5, 5.41) is 10.8. The molecule has 0 aliphatic heterocycles. The zero-order chi connectivity index (χ0) is 23.8. The van der Waals surface area contributed by atoms with Crippen LogP contribution in [0, 0.1) is 5.92 Å². The molecule has 0 saturated carbocycles. The van der Waals surface area contributed by atoms with Gasteiger partial charge in [0.25, 0.3) is 5.78 Å². The van der Waals surface area contributed by atoms with Crippen LogP contribution in [-0.2, 0) is 4.79 Å². The third kappa shape index (κ3) is 9.95. The number of carbonyl (C=O) groups is 2. The molecule has 0 heterocycles. The minimum absolute atomic E-state index is 0. The van der Waals surface area contributed by atoms with Crippen molar-refractivity contribution < 1.29 is 92.4 Å². The van der Waals surface area contributed by atoms with E-state index in [4.69, 9.17) is 0 Å². The summed E-state index contributed by atoms with van der Waals surface area (Å²) >= 11 is 0. The molecule has 32 heavy (non-hydrogen) atoms. The van der Waals surface area contributed by atoms with Crippen LogP contribution in [0.1, 0.15) is 29.8 Å². The summed E-state index contributed by atoms with van der Waals surface area (Å²) in [4.78, 5) is 24.7. The van der Waals surface area contributed by atoms with Crippen LogP contribution in [0.15, 0.2) is 65.7 Å². The summed E-state index contributed by atoms with van der Waals surface area (Å²) in [7, 11) is 0. The Morgan fingerprint density at radius 3 is 1.50 bits per heavy atom. The number of carboxylic acids is 1. The van der Waals surface area contributed by atoms with Crippen molar-refractivity contribution in [1.82, 2.24) is 0 Å². The third-order valence-corrected chi connectivity index (χ3v) is 3.75. The van der Waals surface area contributed by atoms with Gasteiger partial charge in [0.15, 0.2) is 0 Å². The van der Waals surface area contributed by atoms with Crippen molar-refractivity contribution in [2.75, 3.05) is 0 Å². The summed E-state index contributed by atoms with van der Waals surface area (Å²) in [6.45, 7) is 2.95. The maximum Gasteiger partial charge on any atom is 1.00 e. The van der Waals surface area contributed by atoms with Crippen molar-refractivity contribution in [3.8, 4) is 0 Å². The fourth-order valence-electron chi connectivity index (χ4n) is 2.27. The van der Waals surface area contributed by atoms with E-state index in [9.17, 15) is 41.0 Å². The predicted molar refractivity (Wildman–Crippen MR) is 99.5 cm³/mol. The first kappa shape index (κ1) is 30.5. The zero-order valence-electron chi connectivity index (χ0n) is 17.4. The molecule has 0 N–H and O–H groups in total. The zero-order valence-corrected chi connectivity index (χ0v) is 20.5. The first-order chi connectivity index (χ1) is 14.2. The molecule has 0 aliphatic rings. The third-order valence-electron chi connectivity index (χ3n) is 3.75. The Kier molecular flexibility index (Phi) is 12.6. The Bertz CT molecular complexity index is 897. The number of carboxylic acid groups (broad SMARTS) is 1. The van der Waals surface area contributed by atoms with Gasteiger partial charge in [0.2, 0.25) is 0 Å². The average molecular weight is 485 g/mol. The number of nitrogens with zero attached hydrogens (tertiary/aromatic N) is 1. The van der Waals surface area contributed by atoms with Crippen LogP contribution in [0.2, 0.25) is 0 Å². The number of Topliss-reactive ketones (excluding diaryl/α,β-unsaturated/α-hetero) is 1. The van der Waals surface area contributed by atoms with Crippen LogP contribution in [0.25, 0.3) is 0 Å². The quantitative estimate of drug-likeness (QED) is 0.277. The van der Waals surface area contributed by atoms with E-state index < -0.39 is 41.8 Å². The molecule has 0 amide bonds. The molecular formula is C21H18F6KNO3. The maximum atomic E-state index is 12.9. The summed E-state index contributed by atoms with van der Waals surface area (Å²) in [5.74, 6) is -4.01. The molecule has 0 unspecified atom stereocenters. The summed E-state index contributed by atoms with van der Waals surface area (Å²) in [6, 6.07) is 12.0. The summed E-state index contributed by atoms with van der Waals surface area (Å²) in [5.41, 5.74) is -1.69. The van der Waals surface area contributed by atoms with Gasteiger partial charge in [-0.25, -0.2) is 0 Å². The van der Waals surface area contributed by atoms with E-state index in [1.165, 1.54) is 50.2 Å². The SMILES string of the molecule is CC(C)[C@H](N=C(c1ccccc1)C(F)(F)F)C(=O)[O-].O=C(c1ccccc1)C(F)(F)F.[K+]. The number of halogens is 6. The minimum Gasteiger partial charge on any atom is -0.548 e. The number of ketones is 1. The first-order valence-electron chi connectivity index (χ1n) is 8.83. The Balaban J connectivity index is 0.000000639. The molecule has 0 spiro atoms. The largest absolute Gasteiger partial charge is 1.00 e. The van der Waals surface area contributed by atoms with Gasteiger partial charge in [0.05, 0.1) is 12.0 Å². The summed E-state index contributed by atoms with van der Waals surface area (Å²) in [6.07, 6.45) is -9.49. The monoisotopic (exact) mass is 485 g/mol. The number of hydrogen-bond acceptors (Lipinski definition) is 4. The van der Waals surface area contributed by atoms with Gasteiger partial charge in [-0.15, -0.1) is 0 Å². The standard InChI is InChI=1S/C13H14F3NO2.C8H5F3O.K/c1-8(2)10(12(18)19)17-11(13(14,15)16)9-6-4-3-5-7-9;9-8(10,11)7(12)6-4-2-1-3-5-6;/h3-8,10H,1-2H3,(H,18,19);1-5H;/q;;+1/p-1/t10-;;/m0../s1. The molecule has 0 aliphatic carbocycles. The molecule has 1 atom stereocenters. The van der Waals surface area contributed by atoms with Crippen LogP contribution >= 0.6 is 0 Å². The second kappa shape index (κ2) is 13.2. The Hall–Kier alpha value is -1.53. The molecule has 168 valence electrons. The van der Waals surface area contributed by atoms with Crippen LogP contribution in [0.5, 0.6) is 0 Å². The van der Waals surface area contributed by atoms with Gasteiger partial charge < -0.3 is 9.90 Å². The van der Waals surface area contributed by atoms with Crippen LogP contribution in [0.4, 0.5) is 26.3 Å². The second-order valence-corrected chi connectivity index (χ2v) is 6.54. The fraction of sp³-hybridized carbons (Fsp3) is 0.286. The number of aliphatic carboxylic acids is 1. The van der Waals surface area contributed by atoms with E-state index >= 15 is 0 Å². The van der Waals surface area contributed by atoms with Crippen LogP contribution in [0.3, 0.4) is 0 Å². The van der Waals surface area contributed by atoms with Crippen molar-refractivity contribution in [3.05, 3.63) is 71.8 Å². The molecular weight excluding hydrogens is 467 g/mol. The second-order valence-electron chi connectivity index (χ2n) is 6.54. The van der Waals surface area contributed by atoms with E-state index in [-0.39, 0.29) is 62.5 Å². The van der Waals surface area contributed by atoms with Crippen molar-refractivity contribution in [1.29, 1.82) is 0 Å². The average Bonchev–Trinajstić information content (AvgIpc) is 2.67. The molecule has 0 aromatic heterocycles. The number of alkyl halides is 6. The Labute approximate surface area is 223 Å². The molecule has 2 rings (SSSR count). The van der Waals surface area contributed by atoms with Gasteiger partial charge in [0.1, 0.15) is 5.71 Å². The Morgan fingerprint density at radius 1 is 0.781 bits per heavy atom. The molecule has 11 heteroatoms. The minimum atomic E-state index is -4.78. The van der Waals surface area contributed by atoms with Crippen molar-refractivity contribution >= 4 is 17.5 Å². The van der Waals surface area contributed by atoms with Gasteiger partial charge in [0, 0.05) is 11.1 Å².